The zero-order valence-corrected chi connectivity index (χ0v) is 70.1. The summed E-state index contributed by atoms with van der Waals surface area (Å²) in [5.74, 6) is -12.5. The van der Waals surface area contributed by atoms with Crippen LogP contribution in [0.5, 0.6) is 0 Å². The first kappa shape index (κ1) is 112. The molecule has 3 atom stereocenters. The van der Waals surface area contributed by atoms with Crippen LogP contribution in [-0.2, 0) is 76.7 Å². The molecular formula is C64H109Gd4N15O26+6. The molecule has 0 bridgehead atoms. The van der Waals surface area contributed by atoms with Crippen molar-refractivity contribution in [3.05, 3.63) is 0 Å². The molecule has 2 fully saturated rings. The number of nitrogens with zero attached hydrogens (tertiary/aromatic N) is 8. The molecule has 0 saturated carbocycles. The van der Waals surface area contributed by atoms with Crippen LogP contribution in [0.4, 0.5) is 4.79 Å². The summed E-state index contributed by atoms with van der Waals surface area (Å²) in [6.45, 7) is 1.46. The Hall–Kier alpha value is -3.79. The van der Waals surface area contributed by atoms with Crippen molar-refractivity contribution in [3.63, 3.8) is 0 Å². The van der Waals surface area contributed by atoms with E-state index in [9.17, 15) is 113 Å². The van der Waals surface area contributed by atoms with Crippen LogP contribution in [0.25, 0.3) is 0 Å². The van der Waals surface area contributed by atoms with Crippen LogP contribution < -0.4 is 37.2 Å². The molecule has 7 amide bonds. The molecule has 0 aliphatic carbocycles. The fraction of sp³-hybridized carbons (Fsp3) is 0.750. The Bertz CT molecular complexity index is 2750. The molecule has 2 rings (SSSR count). The van der Waals surface area contributed by atoms with Crippen molar-refractivity contribution in [2.45, 2.75) is 127 Å². The SMILES string of the molecule is O=C(O)CC[C@H](NC(=O)N[C@@H](CCCCNC(=O)CCCCCCC(=O)NCCCCCNC(=O)C(CCCCNC(=O)CN1CCN(CC(=O)O)CCN(CC(=O)O)CCN(CC(=O)O)CC1)NC(=O)CN1CCN(CC(=O)O)CCN(CC(=O)O)CCN(CC(=O)O)CC1)C(=O)O)C(=O)O.O=C=O.[Gd+3].[Gd+3].[Gd].[Gd]. The second-order valence-corrected chi connectivity index (χ2v) is 25.4. The summed E-state index contributed by atoms with van der Waals surface area (Å²) in [5, 5.41) is 104. The van der Waals surface area contributed by atoms with E-state index in [-0.39, 0.29) is 386 Å². The van der Waals surface area contributed by atoms with E-state index in [4.69, 9.17) is 14.7 Å². The van der Waals surface area contributed by atoms with Crippen LogP contribution >= 0.6 is 0 Å². The first-order valence-corrected chi connectivity index (χ1v) is 35.1. The fourth-order valence-electron chi connectivity index (χ4n) is 11.2. The quantitative estimate of drug-likeness (QED) is 0.0254. The number of hydrogen-bond donors (Lipinski definition) is 16. The molecule has 2 heterocycles. The number of carboxylic acid groups (broad SMARTS) is 9. The second-order valence-electron chi connectivity index (χ2n) is 25.4. The van der Waals surface area contributed by atoms with Crippen molar-refractivity contribution in [2.75, 3.05) is 183 Å². The average molecular weight is 2130 g/mol. The summed E-state index contributed by atoms with van der Waals surface area (Å²) >= 11 is 0. The Kier molecular flexibility index (Phi) is 70.2. The van der Waals surface area contributed by atoms with Crippen molar-refractivity contribution < 1.29 is 287 Å². The van der Waals surface area contributed by atoms with Crippen molar-refractivity contribution in [1.29, 1.82) is 0 Å². The van der Waals surface area contributed by atoms with Crippen LogP contribution in [0.3, 0.4) is 0 Å². The zero-order valence-electron chi connectivity index (χ0n) is 61.0. The number of carboxylic acids is 9. The molecule has 0 spiro atoms. The summed E-state index contributed by atoms with van der Waals surface area (Å²) in [7, 11) is 0. The second kappa shape index (κ2) is 68.6. The van der Waals surface area contributed by atoms with Gasteiger partial charge in [0.25, 0.3) is 0 Å². The van der Waals surface area contributed by atoms with Gasteiger partial charge in [0.1, 0.15) is 18.1 Å². The molecule has 2 radical (unpaired) electrons. The number of aliphatic carboxylic acids is 9. The first-order chi connectivity index (χ1) is 49.9. The fourth-order valence-corrected chi connectivity index (χ4v) is 11.2. The van der Waals surface area contributed by atoms with E-state index in [1.807, 2.05) is 0 Å². The maximum atomic E-state index is 14.0. The third-order valence-electron chi connectivity index (χ3n) is 16.8. The molecule has 0 aromatic carbocycles. The van der Waals surface area contributed by atoms with Gasteiger partial charge in [0, 0.05) is 230 Å². The Labute approximate surface area is 760 Å². The van der Waals surface area contributed by atoms with E-state index in [0.29, 0.717) is 77.2 Å². The van der Waals surface area contributed by atoms with Crippen molar-refractivity contribution in [3.8, 4) is 0 Å². The van der Waals surface area contributed by atoms with Gasteiger partial charge < -0.3 is 83.2 Å². The minimum absolute atomic E-state index is 0. The summed E-state index contributed by atoms with van der Waals surface area (Å²) in [6.07, 6.45) is 5.57. The number of urea groups is 1. The van der Waals surface area contributed by atoms with Crippen LogP contribution in [0.15, 0.2) is 0 Å². The minimum Gasteiger partial charge on any atom is -0.481 e. The average Bonchev–Trinajstić information content (AvgIpc) is 0.905. The van der Waals surface area contributed by atoms with E-state index in [0.717, 1.165) is 0 Å². The molecular weight excluding hydrogens is 2020 g/mol. The van der Waals surface area contributed by atoms with Crippen molar-refractivity contribution in [1.82, 2.24) is 76.4 Å². The standard InChI is InChI=1S/C63H109N15O24.CO2.4Gd/c79-49(14-4-1-2-5-15-50(80)65-19-11-7-13-47(61(98)99)69-63(102)70-48(62(100)101)16-17-53(83)84)64-18-8-3-9-21-67-60(97)46(68-52(82)39-72-24-28-75(42-56(89)90)32-36-78(45-59(95)96)37-33-76(29-25-72)43-57(91)92)12-6-10-20-66-51(81)38-71-22-26-73(40-54(85)86)30-34-77(44-58(93)94)35-31-74(27-23-71)41-55(87)88;2-1-3;;;;/h46-48H,1-45H2,(H,64,79)(H,65,80)(H,66,81)(H,67,97)(H,68,82)(H,83,84)(H,85,86)(H,87,88)(H,89,90)(H,91,92)(H,93,94)(H,95,96)(H,98,99)(H,100,101)(H2,69,70,102);;;;;/q;;;;2*+3/t46?,47-,48-;;;;;/m0...../s1. The summed E-state index contributed by atoms with van der Waals surface area (Å²) in [5.41, 5.74) is 0. The van der Waals surface area contributed by atoms with E-state index < -0.39 is 103 Å². The van der Waals surface area contributed by atoms with E-state index in [1.165, 1.54) is 0 Å². The van der Waals surface area contributed by atoms with Crippen molar-refractivity contribution in [2.24, 2.45) is 0 Å². The van der Waals surface area contributed by atoms with E-state index in [1.54, 1.807) is 39.2 Å². The largest absolute Gasteiger partial charge is 3.00 e. The molecule has 2 saturated heterocycles. The van der Waals surface area contributed by atoms with Crippen LogP contribution in [0, 0.1) is 160 Å². The van der Waals surface area contributed by atoms with E-state index in [2.05, 4.69) is 37.2 Å². The van der Waals surface area contributed by atoms with Crippen LogP contribution in [-0.4, -0.2) is 382 Å². The van der Waals surface area contributed by atoms with Gasteiger partial charge >= 0.3 is 146 Å². The molecule has 2 aliphatic rings. The summed E-state index contributed by atoms with van der Waals surface area (Å²) < 4.78 is 0. The Morgan fingerprint density at radius 1 is 0.275 bits per heavy atom. The number of unbranched alkanes of at least 4 members (excludes halogenated alkanes) is 7. The van der Waals surface area contributed by atoms with E-state index >= 15 is 0 Å². The van der Waals surface area contributed by atoms with Gasteiger partial charge in [-0.25, -0.2) is 14.4 Å². The van der Waals surface area contributed by atoms with Gasteiger partial charge in [-0.05, 0) is 77.0 Å². The van der Waals surface area contributed by atoms with Gasteiger partial charge in [-0.1, -0.05) is 12.8 Å². The summed E-state index contributed by atoms with van der Waals surface area (Å²) in [4.78, 5) is 212. The topological polar surface area (TPSA) is 582 Å². The Balaban J connectivity index is -0.00000773. The van der Waals surface area contributed by atoms with Crippen LogP contribution in [0.1, 0.15) is 109 Å². The smallest absolute Gasteiger partial charge is 0.481 e. The van der Waals surface area contributed by atoms with Gasteiger partial charge in [-0.3, -0.25) is 96.7 Å². The predicted molar refractivity (Wildman–Crippen MR) is 367 cm³/mol. The Morgan fingerprint density at radius 3 is 0.817 bits per heavy atom. The molecule has 2 aliphatic heterocycles. The van der Waals surface area contributed by atoms with Gasteiger partial charge in [0.2, 0.25) is 29.5 Å². The molecule has 0 aromatic heterocycles. The normalized spacial score (nSPS) is 15.7. The minimum atomic E-state index is -1.53. The number of nitrogens with one attached hydrogen (secondary N) is 7. The molecule has 45 heteroatoms. The number of carbonyl (C=O) groups is 15. The van der Waals surface area contributed by atoms with Crippen molar-refractivity contribution >= 4 is 95.4 Å². The third kappa shape index (κ3) is 62.3. The van der Waals surface area contributed by atoms with Crippen LogP contribution in [0.2, 0.25) is 0 Å². The molecule has 0 aromatic rings. The monoisotopic (exact) mass is 2140 g/mol. The Morgan fingerprint density at radius 2 is 0.523 bits per heavy atom. The number of carbonyl (C=O) groups excluding carboxylic acids is 8. The predicted octanol–water partition coefficient (Wildman–Crippen LogP) is -4.77. The van der Waals surface area contributed by atoms with Gasteiger partial charge in [-0.2, -0.15) is 9.59 Å². The first-order valence-electron chi connectivity index (χ1n) is 35.1. The molecule has 109 heavy (non-hydrogen) atoms. The number of amides is 7. The molecule has 41 nitrogen and oxygen atoms in total. The molecule has 16 N–H and O–H groups in total. The molecule has 1 unspecified atom stereocenters. The summed E-state index contributed by atoms with van der Waals surface area (Å²) in [6, 6.07) is -5.03. The third-order valence-corrected chi connectivity index (χ3v) is 16.8. The maximum Gasteiger partial charge on any atom is 3.00 e. The van der Waals surface area contributed by atoms with Gasteiger partial charge in [0.15, 0.2) is 0 Å². The number of hydrogen-bond acceptors (Lipinski definition) is 25. The van der Waals surface area contributed by atoms with Gasteiger partial charge in [0.05, 0.1) is 52.4 Å². The molecule has 622 valence electrons. The maximum absolute atomic E-state index is 14.0. The zero-order chi connectivity index (χ0) is 78.5. The van der Waals surface area contributed by atoms with Gasteiger partial charge in [-0.15, -0.1) is 0 Å². The number of rotatable bonds is 48.